The summed E-state index contributed by atoms with van der Waals surface area (Å²) in [5.41, 5.74) is 3.08. The number of hydrogen-bond acceptors (Lipinski definition) is 4. The predicted molar refractivity (Wildman–Crippen MR) is 161 cm³/mol. The standard InChI is InChI=1S/C32H41N3O4S/c1-6-29(32(37)33-22-24(2)3)34(20-19-27-13-9-7-10-14-27)31(36)23-35(30-21-25(4)17-18-26(30)5)40(38,39)28-15-11-8-12-16-28/h7-18,21,24,29H,6,19-20,22-23H2,1-5H3,(H,33,37). The number of sulfonamides is 1. The molecule has 3 aromatic carbocycles. The van der Waals surface area contributed by atoms with Gasteiger partial charge in [0, 0.05) is 13.1 Å². The highest BCUT2D eigenvalue weighted by Gasteiger charge is 2.34. The van der Waals surface area contributed by atoms with Gasteiger partial charge in [0.25, 0.3) is 10.0 Å². The summed E-state index contributed by atoms with van der Waals surface area (Å²) in [6.07, 6.45) is 0.939. The van der Waals surface area contributed by atoms with Crippen LogP contribution in [-0.2, 0) is 26.0 Å². The Morgan fingerprint density at radius 3 is 2.12 bits per heavy atom. The van der Waals surface area contributed by atoms with Crippen LogP contribution in [0.3, 0.4) is 0 Å². The monoisotopic (exact) mass is 563 g/mol. The first kappa shape index (κ1) is 30.9. The summed E-state index contributed by atoms with van der Waals surface area (Å²) >= 11 is 0. The van der Waals surface area contributed by atoms with Crippen LogP contribution in [0.4, 0.5) is 5.69 Å². The Balaban J connectivity index is 2.02. The maximum Gasteiger partial charge on any atom is 0.264 e. The molecule has 0 aliphatic carbocycles. The van der Waals surface area contributed by atoms with Crippen molar-refractivity contribution in [1.29, 1.82) is 0 Å². The van der Waals surface area contributed by atoms with Crippen LogP contribution in [0, 0.1) is 19.8 Å². The Hall–Kier alpha value is -3.65. The molecule has 8 heteroatoms. The van der Waals surface area contributed by atoms with Crippen LogP contribution in [0.15, 0.2) is 83.8 Å². The highest BCUT2D eigenvalue weighted by atomic mass is 32.2. The second-order valence-electron chi connectivity index (χ2n) is 10.5. The highest BCUT2D eigenvalue weighted by Crippen LogP contribution is 2.28. The van der Waals surface area contributed by atoms with E-state index in [4.69, 9.17) is 0 Å². The van der Waals surface area contributed by atoms with Gasteiger partial charge in [0.05, 0.1) is 10.6 Å². The first-order valence-electron chi connectivity index (χ1n) is 13.8. The Bertz CT molecular complexity index is 1380. The summed E-state index contributed by atoms with van der Waals surface area (Å²) < 4.78 is 29.1. The molecule has 0 saturated carbocycles. The first-order valence-corrected chi connectivity index (χ1v) is 15.2. The van der Waals surface area contributed by atoms with E-state index in [1.54, 1.807) is 29.2 Å². The fourth-order valence-corrected chi connectivity index (χ4v) is 6.03. The number of benzene rings is 3. The van der Waals surface area contributed by atoms with Crippen molar-refractivity contribution >= 4 is 27.5 Å². The van der Waals surface area contributed by atoms with Crippen LogP contribution < -0.4 is 9.62 Å². The topological polar surface area (TPSA) is 86.8 Å². The van der Waals surface area contributed by atoms with Crippen molar-refractivity contribution in [2.24, 2.45) is 5.92 Å². The molecule has 40 heavy (non-hydrogen) atoms. The van der Waals surface area contributed by atoms with E-state index in [1.165, 1.54) is 16.4 Å². The lowest BCUT2D eigenvalue weighted by molar-refractivity contribution is -0.139. The molecule has 0 radical (unpaired) electrons. The second-order valence-corrected chi connectivity index (χ2v) is 12.4. The zero-order valence-electron chi connectivity index (χ0n) is 24.1. The summed E-state index contributed by atoms with van der Waals surface area (Å²) in [7, 11) is -4.08. The Labute approximate surface area is 239 Å². The van der Waals surface area contributed by atoms with Crippen molar-refractivity contribution < 1.29 is 18.0 Å². The lowest BCUT2D eigenvalue weighted by Gasteiger charge is -2.33. The molecule has 3 rings (SSSR count). The molecule has 0 aliphatic rings. The van der Waals surface area contributed by atoms with E-state index in [-0.39, 0.29) is 23.3 Å². The third kappa shape index (κ3) is 7.94. The molecule has 0 spiro atoms. The molecular weight excluding hydrogens is 522 g/mol. The molecule has 1 N–H and O–H groups in total. The largest absolute Gasteiger partial charge is 0.354 e. The van der Waals surface area contributed by atoms with Gasteiger partial charge in [-0.05, 0) is 67.5 Å². The maximum absolute atomic E-state index is 14.1. The van der Waals surface area contributed by atoms with E-state index in [2.05, 4.69) is 5.32 Å². The zero-order valence-corrected chi connectivity index (χ0v) is 24.9. The van der Waals surface area contributed by atoms with Gasteiger partial charge in [-0.3, -0.25) is 13.9 Å². The molecule has 0 aliphatic heterocycles. The van der Waals surface area contributed by atoms with Crippen LogP contribution in [0.1, 0.15) is 43.9 Å². The smallest absolute Gasteiger partial charge is 0.264 e. The molecule has 0 aromatic heterocycles. The SMILES string of the molecule is CCC(C(=O)NCC(C)C)N(CCc1ccccc1)C(=O)CN(c1cc(C)ccc1C)S(=O)(=O)c1ccccc1. The molecule has 2 amide bonds. The summed E-state index contributed by atoms with van der Waals surface area (Å²) in [5.74, 6) is -0.407. The minimum atomic E-state index is -4.08. The van der Waals surface area contributed by atoms with E-state index in [0.717, 1.165) is 16.7 Å². The molecule has 7 nitrogen and oxygen atoms in total. The van der Waals surface area contributed by atoms with Crippen LogP contribution in [0.25, 0.3) is 0 Å². The zero-order chi connectivity index (χ0) is 29.3. The molecule has 214 valence electrons. The number of amides is 2. The summed E-state index contributed by atoms with van der Waals surface area (Å²) in [5, 5.41) is 2.96. The van der Waals surface area contributed by atoms with Crippen LogP contribution in [-0.4, -0.2) is 50.8 Å². The number of carbonyl (C=O) groups excluding carboxylic acids is 2. The minimum absolute atomic E-state index is 0.0984. The van der Waals surface area contributed by atoms with Crippen LogP contribution in [0.5, 0.6) is 0 Å². The quantitative estimate of drug-likeness (QED) is 0.313. The number of nitrogens with zero attached hydrogens (tertiary/aromatic N) is 2. The van der Waals surface area contributed by atoms with E-state index in [9.17, 15) is 18.0 Å². The van der Waals surface area contributed by atoms with Gasteiger partial charge in [0.2, 0.25) is 11.8 Å². The average Bonchev–Trinajstić information content (AvgIpc) is 2.94. The van der Waals surface area contributed by atoms with Gasteiger partial charge < -0.3 is 10.2 Å². The lowest BCUT2D eigenvalue weighted by Crippen LogP contribution is -2.53. The predicted octanol–water partition coefficient (Wildman–Crippen LogP) is 5.12. The summed E-state index contributed by atoms with van der Waals surface area (Å²) in [6, 6.07) is 22.7. The fraction of sp³-hybridized carbons (Fsp3) is 0.375. The van der Waals surface area contributed by atoms with Gasteiger partial charge in [0.1, 0.15) is 12.6 Å². The van der Waals surface area contributed by atoms with Gasteiger partial charge in [-0.2, -0.15) is 0 Å². The average molecular weight is 564 g/mol. The molecule has 3 aromatic rings. The van der Waals surface area contributed by atoms with Crippen molar-refractivity contribution in [1.82, 2.24) is 10.2 Å². The van der Waals surface area contributed by atoms with E-state index in [1.807, 2.05) is 77.1 Å². The lowest BCUT2D eigenvalue weighted by atomic mass is 10.1. The molecular formula is C32H41N3O4S. The van der Waals surface area contributed by atoms with Gasteiger partial charge in [0.15, 0.2) is 0 Å². The minimum Gasteiger partial charge on any atom is -0.354 e. The number of carbonyl (C=O) groups is 2. The molecule has 0 heterocycles. The van der Waals surface area contributed by atoms with Crippen LogP contribution >= 0.6 is 0 Å². The van der Waals surface area contributed by atoms with Crippen molar-refractivity contribution in [3.63, 3.8) is 0 Å². The van der Waals surface area contributed by atoms with E-state index >= 15 is 0 Å². The normalized spacial score (nSPS) is 12.2. The number of hydrogen-bond donors (Lipinski definition) is 1. The maximum atomic E-state index is 14.1. The van der Waals surface area contributed by atoms with Gasteiger partial charge in [-0.25, -0.2) is 8.42 Å². The molecule has 0 bridgehead atoms. The first-order chi connectivity index (χ1) is 19.0. The third-order valence-electron chi connectivity index (χ3n) is 6.80. The Morgan fingerprint density at radius 2 is 1.52 bits per heavy atom. The summed E-state index contributed by atoms with van der Waals surface area (Å²) in [4.78, 5) is 29.0. The number of aryl methyl sites for hydroxylation is 2. The molecule has 1 unspecified atom stereocenters. The van der Waals surface area contributed by atoms with E-state index in [0.29, 0.717) is 25.1 Å². The third-order valence-corrected chi connectivity index (χ3v) is 8.57. The number of anilines is 1. The van der Waals surface area contributed by atoms with Gasteiger partial charge >= 0.3 is 0 Å². The molecule has 0 fully saturated rings. The Kier molecular flexibility index (Phi) is 10.9. The van der Waals surface area contributed by atoms with Gasteiger partial charge in [-0.1, -0.05) is 81.4 Å². The van der Waals surface area contributed by atoms with E-state index < -0.39 is 28.5 Å². The second kappa shape index (κ2) is 14.1. The van der Waals surface area contributed by atoms with Crippen molar-refractivity contribution in [3.8, 4) is 0 Å². The summed E-state index contributed by atoms with van der Waals surface area (Å²) in [6.45, 7) is 9.95. The van der Waals surface area contributed by atoms with Crippen LogP contribution in [0.2, 0.25) is 0 Å². The van der Waals surface area contributed by atoms with Crippen molar-refractivity contribution in [2.45, 2.75) is 58.4 Å². The fourth-order valence-electron chi connectivity index (χ4n) is 4.54. The van der Waals surface area contributed by atoms with Gasteiger partial charge in [-0.15, -0.1) is 0 Å². The van der Waals surface area contributed by atoms with Crippen molar-refractivity contribution in [3.05, 3.63) is 95.6 Å². The number of rotatable bonds is 13. The van der Waals surface area contributed by atoms with Crippen molar-refractivity contribution in [2.75, 3.05) is 23.9 Å². The Morgan fingerprint density at radius 1 is 0.900 bits per heavy atom. The highest BCUT2D eigenvalue weighted by molar-refractivity contribution is 7.92. The molecule has 0 saturated heterocycles. The molecule has 1 atom stereocenters. The number of nitrogens with one attached hydrogen (secondary N) is 1.